The first kappa shape index (κ1) is 19.4. The van der Waals surface area contributed by atoms with E-state index in [4.69, 9.17) is 0 Å². The number of rotatable bonds is 6. The van der Waals surface area contributed by atoms with Gasteiger partial charge >= 0.3 is 0 Å². The second kappa shape index (κ2) is 8.13. The van der Waals surface area contributed by atoms with Gasteiger partial charge in [0.2, 0.25) is 0 Å². The number of carbonyl (C=O) groups excluding carboxylic acids is 2. The van der Waals surface area contributed by atoms with Crippen molar-refractivity contribution in [2.24, 2.45) is 0 Å². The number of anilines is 1. The fraction of sp³-hybridized carbons (Fsp3) is 0.211. The molecule has 144 valence electrons. The van der Waals surface area contributed by atoms with E-state index in [1.54, 1.807) is 18.2 Å². The summed E-state index contributed by atoms with van der Waals surface area (Å²) in [6.45, 7) is 3.94. The van der Waals surface area contributed by atoms with Crippen molar-refractivity contribution in [1.82, 2.24) is 10.3 Å². The fourth-order valence-electron chi connectivity index (χ4n) is 2.43. The summed E-state index contributed by atoms with van der Waals surface area (Å²) in [5.41, 5.74) is 1.41. The van der Waals surface area contributed by atoms with Crippen LogP contribution < -0.4 is 10.6 Å². The van der Waals surface area contributed by atoms with Gasteiger partial charge in [-0.1, -0.05) is 18.3 Å². The molecular formula is C19H18N4O4S. The number of aromatic nitrogens is 1. The lowest BCUT2D eigenvalue weighted by Crippen LogP contribution is -2.31. The van der Waals surface area contributed by atoms with Crippen LogP contribution in [-0.4, -0.2) is 27.8 Å². The SMILES string of the molecule is CCC(C)NC(=O)c1ccc2nc(NC(=O)c3ccc([N+](=O)[O-])cc3)sc2c1. The first-order valence-corrected chi connectivity index (χ1v) is 9.46. The average molecular weight is 398 g/mol. The van der Waals surface area contributed by atoms with Crippen LogP contribution in [0.15, 0.2) is 42.5 Å². The third-order valence-electron chi connectivity index (χ3n) is 4.20. The number of carbonyl (C=O) groups is 2. The van der Waals surface area contributed by atoms with Crippen molar-refractivity contribution in [1.29, 1.82) is 0 Å². The van der Waals surface area contributed by atoms with Crippen molar-refractivity contribution < 1.29 is 14.5 Å². The molecule has 28 heavy (non-hydrogen) atoms. The van der Waals surface area contributed by atoms with Gasteiger partial charge < -0.3 is 5.32 Å². The summed E-state index contributed by atoms with van der Waals surface area (Å²) in [5.74, 6) is -0.565. The molecule has 9 heteroatoms. The molecule has 0 spiro atoms. The number of thiazole rings is 1. The summed E-state index contributed by atoms with van der Waals surface area (Å²) < 4.78 is 0.774. The zero-order valence-electron chi connectivity index (χ0n) is 15.3. The lowest BCUT2D eigenvalue weighted by Gasteiger charge is -2.10. The molecule has 0 fully saturated rings. The van der Waals surface area contributed by atoms with Gasteiger partial charge in [-0.05, 0) is 43.7 Å². The van der Waals surface area contributed by atoms with Gasteiger partial charge in [-0.3, -0.25) is 25.0 Å². The van der Waals surface area contributed by atoms with Gasteiger partial charge in [0, 0.05) is 29.3 Å². The molecule has 2 N–H and O–H groups in total. The summed E-state index contributed by atoms with van der Waals surface area (Å²) in [5, 5.41) is 16.7. The maximum absolute atomic E-state index is 12.3. The molecule has 0 aliphatic carbocycles. The Morgan fingerprint density at radius 1 is 1.14 bits per heavy atom. The van der Waals surface area contributed by atoms with Crippen LogP contribution in [0, 0.1) is 10.1 Å². The van der Waals surface area contributed by atoms with Crippen LogP contribution in [0.3, 0.4) is 0 Å². The highest BCUT2D eigenvalue weighted by molar-refractivity contribution is 7.22. The van der Waals surface area contributed by atoms with Crippen LogP contribution in [0.5, 0.6) is 0 Å². The van der Waals surface area contributed by atoms with E-state index in [1.165, 1.54) is 35.6 Å². The summed E-state index contributed by atoms with van der Waals surface area (Å²) in [6, 6.07) is 10.6. The Kier molecular flexibility index (Phi) is 5.65. The Bertz CT molecular complexity index is 1050. The molecule has 0 radical (unpaired) electrons. The monoisotopic (exact) mass is 398 g/mol. The first-order chi connectivity index (χ1) is 13.4. The quantitative estimate of drug-likeness (QED) is 0.481. The second-order valence-corrected chi connectivity index (χ2v) is 7.27. The number of hydrogen-bond acceptors (Lipinski definition) is 6. The van der Waals surface area contributed by atoms with Crippen molar-refractivity contribution in [3.05, 3.63) is 63.7 Å². The van der Waals surface area contributed by atoms with E-state index in [0.29, 0.717) is 21.8 Å². The van der Waals surface area contributed by atoms with Crippen molar-refractivity contribution in [3.63, 3.8) is 0 Å². The topological polar surface area (TPSA) is 114 Å². The number of benzene rings is 2. The summed E-state index contributed by atoms with van der Waals surface area (Å²) >= 11 is 1.25. The molecular weight excluding hydrogens is 380 g/mol. The molecule has 1 unspecified atom stereocenters. The van der Waals surface area contributed by atoms with E-state index in [0.717, 1.165) is 11.1 Å². The molecule has 0 bridgehead atoms. The molecule has 2 amide bonds. The third kappa shape index (κ3) is 4.32. The third-order valence-corrected chi connectivity index (χ3v) is 5.13. The molecule has 8 nitrogen and oxygen atoms in total. The van der Waals surface area contributed by atoms with Crippen molar-refractivity contribution >= 4 is 44.2 Å². The molecule has 0 saturated heterocycles. The number of fused-ring (bicyclic) bond motifs is 1. The largest absolute Gasteiger partial charge is 0.350 e. The van der Waals surface area contributed by atoms with E-state index >= 15 is 0 Å². The number of hydrogen-bond donors (Lipinski definition) is 2. The molecule has 2 aromatic carbocycles. The minimum absolute atomic E-state index is 0.0836. The van der Waals surface area contributed by atoms with E-state index < -0.39 is 10.8 Å². The minimum Gasteiger partial charge on any atom is -0.350 e. The van der Waals surface area contributed by atoms with Crippen LogP contribution in [0.4, 0.5) is 10.8 Å². The van der Waals surface area contributed by atoms with Crippen LogP contribution in [0.2, 0.25) is 0 Å². The van der Waals surface area contributed by atoms with Gasteiger partial charge in [-0.25, -0.2) is 4.98 Å². The maximum atomic E-state index is 12.3. The molecule has 3 rings (SSSR count). The number of non-ortho nitro benzene ring substituents is 1. The minimum atomic E-state index is -0.524. The highest BCUT2D eigenvalue weighted by atomic mass is 32.1. The Morgan fingerprint density at radius 3 is 2.46 bits per heavy atom. The smallest absolute Gasteiger partial charge is 0.269 e. The van der Waals surface area contributed by atoms with Crippen molar-refractivity contribution in [3.8, 4) is 0 Å². The van der Waals surface area contributed by atoms with Gasteiger partial charge in [0.05, 0.1) is 15.1 Å². The van der Waals surface area contributed by atoms with Gasteiger partial charge in [-0.2, -0.15) is 0 Å². The maximum Gasteiger partial charge on any atom is 0.269 e. The summed E-state index contributed by atoms with van der Waals surface area (Å²) in [7, 11) is 0. The molecule has 0 saturated carbocycles. The highest BCUT2D eigenvalue weighted by Gasteiger charge is 2.14. The molecule has 0 aliphatic rings. The van der Waals surface area contributed by atoms with Gasteiger partial charge in [0.1, 0.15) is 0 Å². The lowest BCUT2D eigenvalue weighted by atomic mass is 10.2. The van der Waals surface area contributed by atoms with Gasteiger partial charge in [0.15, 0.2) is 5.13 Å². The number of nitrogens with one attached hydrogen (secondary N) is 2. The molecule has 0 aliphatic heterocycles. The summed E-state index contributed by atoms with van der Waals surface area (Å²) in [4.78, 5) is 39.1. The van der Waals surface area contributed by atoms with Crippen LogP contribution in [0.25, 0.3) is 10.2 Å². The summed E-state index contributed by atoms with van der Waals surface area (Å²) in [6.07, 6.45) is 0.841. The Balaban J connectivity index is 1.75. The molecule has 1 atom stereocenters. The lowest BCUT2D eigenvalue weighted by molar-refractivity contribution is -0.384. The molecule has 1 aromatic heterocycles. The van der Waals surface area contributed by atoms with Crippen LogP contribution >= 0.6 is 11.3 Å². The van der Waals surface area contributed by atoms with E-state index in [2.05, 4.69) is 15.6 Å². The highest BCUT2D eigenvalue weighted by Crippen LogP contribution is 2.27. The van der Waals surface area contributed by atoms with Crippen LogP contribution in [-0.2, 0) is 0 Å². The number of amides is 2. The van der Waals surface area contributed by atoms with Gasteiger partial charge in [0.25, 0.3) is 17.5 Å². The number of nitro groups is 1. The molecule has 1 heterocycles. The predicted molar refractivity (Wildman–Crippen MR) is 108 cm³/mol. The normalized spacial score (nSPS) is 11.8. The Labute approximate surface area is 164 Å². The number of nitro benzene ring substituents is 1. The Morgan fingerprint density at radius 2 is 1.82 bits per heavy atom. The zero-order chi connectivity index (χ0) is 20.3. The van der Waals surface area contributed by atoms with Crippen molar-refractivity contribution in [2.45, 2.75) is 26.3 Å². The predicted octanol–water partition coefficient (Wildman–Crippen LogP) is 3.99. The average Bonchev–Trinajstić information content (AvgIpc) is 3.09. The van der Waals surface area contributed by atoms with E-state index in [9.17, 15) is 19.7 Å². The van der Waals surface area contributed by atoms with Crippen LogP contribution in [0.1, 0.15) is 41.0 Å². The van der Waals surface area contributed by atoms with E-state index in [-0.39, 0.29) is 17.6 Å². The fourth-order valence-corrected chi connectivity index (χ4v) is 3.33. The van der Waals surface area contributed by atoms with Crippen molar-refractivity contribution in [2.75, 3.05) is 5.32 Å². The van der Waals surface area contributed by atoms with E-state index in [1.807, 2.05) is 13.8 Å². The zero-order valence-corrected chi connectivity index (χ0v) is 16.1. The Hall–Kier alpha value is -3.33. The standard InChI is InChI=1S/C19H18N4O4S/c1-3-11(2)20-18(25)13-6-9-15-16(10-13)28-19(21-15)22-17(24)12-4-7-14(8-5-12)23(26)27/h4-11H,3H2,1-2H3,(H,20,25)(H,21,22,24). The second-order valence-electron chi connectivity index (χ2n) is 6.24. The molecule has 3 aromatic rings. The number of nitrogens with zero attached hydrogens (tertiary/aromatic N) is 2. The first-order valence-electron chi connectivity index (χ1n) is 8.64. The van der Waals surface area contributed by atoms with Gasteiger partial charge in [-0.15, -0.1) is 0 Å².